The van der Waals surface area contributed by atoms with Gasteiger partial charge in [-0.05, 0) is 24.1 Å². The van der Waals surface area contributed by atoms with E-state index in [9.17, 15) is 0 Å². The molecule has 0 bridgehead atoms. The summed E-state index contributed by atoms with van der Waals surface area (Å²) in [7, 11) is 0. The normalized spacial score (nSPS) is 10.5. The third kappa shape index (κ3) is 4.13. The molecular weight excluding hydrogens is 238 g/mol. The molecular formula is C14H19N5. The molecule has 5 nitrogen and oxygen atoms in total. The lowest BCUT2D eigenvalue weighted by molar-refractivity contribution is 0.687. The summed E-state index contributed by atoms with van der Waals surface area (Å²) in [4.78, 5) is 8.37. The van der Waals surface area contributed by atoms with E-state index in [1.165, 1.54) is 6.33 Å². The van der Waals surface area contributed by atoms with E-state index in [2.05, 4.69) is 34.4 Å². The quantitative estimate of drug-likeness (QED) is 0.718. The van der Waals surface area contributed by atoms with E-state index in [4.69, 9.17) is 5.73 Å². The van der Waals surface area contributed by atoms with Crippen molar-refractivity contribution in [1.29, 1.82) is 0 Å². The second-order valence-corrected chi connectivity index (χ2v) is 4.81. The topological polar surface area (TPSA) is 75.9 Å². The van der Waals surface area contributed by atoms with Crippen molar-refractivity contribution >= 4 is 23.0 Å². The molecule has 0 amide bonds. The summed E-state index contributed by atoms with van der Waals surface area (Å²) >= 11 is 0. The van der Waals surface area contributed by atoms with Crippen molar-refractivity contribution < 1.29 is 0 Å². The number of nitrogens with zero attached hydrogens (tertiary/aromatic N) is 2. The first-order chi connectivity index (χ1) is 9.13. The van der Waals surface area contributed by atoms with Crippen LogP contribution in [-0.4, -0.2) is 16.5 Å². The van der Waals surface area contributed by atoms with Gasteiger partial charge in [-0.1, -0.05) is 19.9 Å². The van der Waals surface area contributed by atoms with E-state index >= 15 is 0 Å². The van der Waals surface area contributed by atoms with Gasteiger partial charge < -0.3 is 16.4 Å². The SMILES string of the molecule is CC(C)CNc1cc(Nc2cccc(N)c2)ncn1. The molecule has 0 aliphatic carbocycles. The predicted octanol–water partition coefficient (Wildman–Crippen LogP) is 2.87. The third-order valence-corrected chi connectivity index (χ3v) is 2.52. The van der Waals surface area contributed by atoms with E-state index in [0.717, 1.165) is 29.6 Å². The van der Waals surface area contributed by atoms with Crippen LogP contribution in [-0.2, 0) is 0 Å². The van der Waals surface area contributed by atoms with Crippen LogP contribution in [0.25, 0.3) is 0 Å². The number of anilines is 4. The second-order valence-electron chi connectivity index (χ2n) is 4.81. The molecule has 4 N–H and O–H groups in total. The van der Waals surface area contributed by atoms with Gasteiger partial charge in [0, 0.05) is 24.0 Å². The van der Waals surface area contributed by atoms with Crippen LogP contribution in [0.15, 0.2) is 36.7 Å². The van der Waals surface area contributed by atoms with Gasteiger partial charge >= 0.3 is 0 Å². The first-order valence-corrected chi connectivity index (χ1v) is 6.32. The van der Waals surface area contributed by atoms with E-state index in [0.29, 0.717) is 5.92 Å². The lowest BCUT2D eigenvalue weighted by Gasteiger charge is -2.10. The van der Waals surface area contributed by atoms with Gasteiger partial charge in [0.25, 0.3) is 0 Å². The van der Waals surface area contributed by atoms with E-state index in [1.807, 2.05) is 30.3 Å². The molecule has 0 saturated heterocycles. The molecule has 1 heterocycles. The monoisotopic (exact) mass is 257 g/mol. The third-order valence-electron chi connectivity index (χ3n) is 2.52. The zero-order valence-corrected chi connectivity index (χ0v) is 11.2. The molecule has 2 rings (SSSR count). The summed E-state index contributed by atoms with van der Waals surface area (Å²) in [6.45, 7) is 5.19. The van der Waals surface area contributed by atoms with Gasteiger partial charge in [0.15, 0.2) is 0 Å². The summed E-state index contributed by atoms with van der Waals surface area (Å²) in [5.74, 6) is 2.13. The molecule has 0 aliphatic heterocycles. The molecule has 1 aromatic carbocycles. The fourth-order valence-corrected chi connectivity index (χ4v) is 1.60. The number of benzene rings is 1. The highest BCUT2D eigenvalue weighted by Crippen LogP contribution is 2.18. The zero-order valence-electron chi connectivity index (χ0n) is 11.2. The van der Waals surface area contributed by atoms with Crippen molar-refractivity contribution in [1.82, 2.24) is 9.97 Å². The van der Waals surface area contributed by atoms with E-state index in [1.54, 1.807) is 0 Å². The molecule has 0 radical (unpaired) electrons. The Hall–Kier alpha value is -2.30. The minimum Gasteiger partial charge on any atom is -0.399 e. The zero-order chi connectivity index (χ0) is 13.7. The van der Waals surface area contributed by atoms with Crippen LogP contribution < -0.4 is 16.4 Å². The summed E-state index contributed by atoms with van der Waals surface area (Å²) in [5, 5.41) is 6.47. The van der Waals surface area contributed by atoms with Gasteiger partial charge in [0.1, 0.15) is 18.0 Å². The molecule has 19 heavy (non-hydrogen) atoms. The fourth-order valence-electron chi connectivity index (χ4n) is 1.60. The Balaban J connectivity index is 2.06. The summed E-state index contributed by atoms with van der Waals surface area (Å²) in [5.41, 5.74) is 7.37. The molecule has 5 heteroatoms. The Labute approximate surface area is 113 Å². The van der Waals surface area contributed by atoms with Crippen molar-refractivity contribution in [2.24, 2.45) is 5.92 Å². The number of nitrogens with one attached hydrogen (secondary N) is 2. The minimum absolute atomic E-state index is 0.570. The van der Waals surface area contributed by atoms with Crippen molar-refractivity contribution in [2.45, 2.75) is 13.8 Å². The highest BCUT2D eigenvalue weighted by molar-refractivity contribution is 5.62. The number of nitrogens with two attached hydrogens (primary N) is 1. The Morgan fingerprint density at radius 1 is 1.16 bits per heavy atom. The van der Waals surface area contributed by atoms with Gasteiger partial charge in [-0.15, -0.1) is 0 Å². The number of nitrogen functional groups attached to an aromatic ring is 1. The molecule has 0 aliphatic rings. The van der Waals surface area contributed by atoms with Crippen molar-refractivity contribution in [3.8, 4) is 0 Å². The van der Waals surface area contributed by atoms with Crippen LogP contribution in [0.1, 0.15) is 13.8 Å². The van der Waals surface area contributed by atoms with Crippen LogP contribution in [0.4, 0.5) is 23.0 Å². The first-order valence-electron chi connectivity index (χ1n) is 6.32. The van der Waals surface area contributed by atoms with Gasteiger partial charge in [-0.3, -0.25) is 0 Å². The van der Waals surface area contributed by atoms with Crippen LogP contribution in [0, 0.1) is 5.92 Å². The average molecular weight is 257 g/mol. The maximum absolute atomic E-state index is 5.74. The van der Waals surface area contributed by atoms with Crippen molar-refractivity contribution in [2.75, 3.05) is 22.9 Å². The Morgan fingerprint density at radius 2 is 1.95 bits per heavy atom. The van der Waals surface area contributed by atoms with Gasteiger partial charge in [-0.2, -0.15) is 0 Å². The number of hydrogen-bond donors (Lipinski definition) is 3. The number of hydrogen-bond acceptors (Lipinski definition) is 5. The molecule has 2 aromatic rings. The maximum atomic E-state index is 5.74. The average Bonchev–Trinajstić information content (AvgIpc) is 2.37. The molecule has 0 unspecified atom stereocenters. The molecule has 0 saturated carbocycles. The van der Waals surface area contributed by atoms with Crippen LogP contribution in [0.2, 0.25) is 0 Å². The standard InChI is InChI=1S/C14H19N5/c1-10(2)8-16-13-7-14(18-9-17-13)19-12-5-3-4-11(15)6-12/h3-7,9-10H,8,15H2,1-2H3,(H2,16,17,18,19). The summed E-state index contributed by atoms with van der Waals surface area (Å²) in [6, 6.07) is 9.44. The van der Waals surface area contributed by atoms with Crippen LogP contribution >= 0.6 is 0 Å². The van der Waals surface area contributed by atoms with Crippen molar-refractivity contribution in [3.05, 3.63) is 36.7 Å². The van der Waals surface area contributed by atoms with Crippen LogP contribution in [0.3, 0.4) is 0 Å². The van der Waals surface area contributed by atoms with E-state index in [-0.39, 0.29) is 0 Å². The molecule has 0 atom stereocenters. The second kappa shape index (κ2) is 6.04. The highest BCUT2D eigenvalue weighted by Gasteiger charge is 2.00. The lowest BCUT2D eigenvalue weighted by Crippen LogP contribution is -2.09. The largest absolute Gasteiger partial charge is 0.399 e. The summed E-state index contributed by atoms with van der Waals surface area (Å²) in [6.07, 6.45) is 1.54. The fraction of sp³-hybridized carbons (Fsp3) is 0.286. The summed E-state index contributed by atoms with van der Waals surface area (Å²) < 4.78 is 0. The Morgan fingerprint density at radius 3 is 2.68 bits per heavy atom. The maximum Gasteiger partial charge on any atom is 0.135 e. The molecule has 0 spiro atoms. The van der Waals surface area contributed by atoms with Gasteiger partial charge in [-0.25, -0.2) is 9.97 Å². The molecule has 100 valence electrons. The molecule has 0 fully saturated rings. The van der Waals surface area contributed by atoms with Gasteiger partial charge in [0.2, 0.25) is 0 Å². The van der Waals surface area contributed by atoms with E-state index < -0.39 is 0 Å². The molecule has 1 aromatic heterocycles. The Kier molecular flexibility index (Phi) is 4.18. The Bertz CT molecular complexity index is 539. The van der Waals surface area contributed by atoms with Gasteiger partial charge in [0.05, 0.1) is 0 Å². The highest BCUT2D eigenvalue weighted by atomic mass is 15.1. The van der Waals surface area contributed by atoms with Crippen LogP contribution in [0.5, 0.6) is 0 Å². The smallest absolute Gasteiger partial charge is 0.135 e. The first kappa shape index (κ1) is 13.1. The van der Waals surface area contributed by atoms with Crippen molar-refractivity contribution in [3.63, 3.8) is 0 Å². The number of rotatable bonds is 5. The minimum atomic E-state index is 0.570. The predicted molar refractivity (Wildman–Crippen MR) is 79.5 cm³/mol. The lowest BCUT2D eigenvalue weighted by atomic mass is 10.2. The number of aromatic nitrogens is 2.